The molecule has 1 fully saturated rings. The van der Waals surface area contributed by atoms with Gasteiger partial charge < -0.3 is 24.8 Å². The summed E-state index contributed by atoms with van der Waals surface area (Å²) in [6.07, 6.45) is -6.13. The van der Waals surface area contributed by atoms with Crippen LogP contribution in [0.5, 0.6) is 0 Å². The van der Waals surface area contributed by atoms with Gasteiger partial charge >= 0.3 is 6.18 Å². The van der Waals surface area contributed by atoms with E-state index in [1.807, 2.05) is 13.8 Å². The molecule has 8 nitrogen and oxygen atoms in total. The summed E-state index contributed by atoms with van der Waals surface area (Å²) in [4.78, 5) is 13.0. The van der Waals surface area contributed by atoms with Crippen LogP contribution in [0, 0.1) is 5.82 Å². The molecule has 4 atom stereocenters. The van der Waals surface area contributed by atoms with Crippen molar-refractivity contribution < 1.29 is 32.5 Å². The molecule has 0 bridgehead atoms. The lowest BCUT2D eigenvalue weighted by Crippen LogP contribution is -2.44. The van der Waals surface area contributed by atoms with Crippen LogP contribution < -0.4 is 5.32 Å². The molecule has 2 aromatic heterocycles. The number of alkyl halides is 3. The van der Waals surface area contributed by atoms with Gasteiger partial charge in [0.2, 0.25) is 5.95 Å². The molecule has 1 aliphatic rings. The van der Waals surface area contributed by atoms with Crippen molar-refractivity contribution in [2.24, 2.45) is 0 Å². The highest BCUT2D eigenvalue weighted by Gasteiger charge is 2.40. The Balaban J connectivity index is 1.60. The quantitative estimate of drug-likeness (QED) is 0.309. The number of imidazole rings is 1. The second-order valence-electron chi connectivity index (χ2n) is 10.7. The maximum absolute atomic E-state index is 15.3. The Hall–Kier alpha value is -2.54. The number of aliphatic hydroxyl groups is 2. The van der Waals surface area contributed by atoms with Crippen LogP contribution in [-0.4, -0.2) is 60.3 Å². The topological polar surface area (TPSA) is 105 Å². The van der Waals surface area contributed by atoms with Gasteiger partial charge in [-0.3, -0.25) is 0 Å². The number of halogens is 5. The number of aliphatic hydroxyl groups excluding tert-OH is 1. The van der Waals surface area contributed by atoms with Gasteiger partial charge in [0.05, 0.1) is 40.7 Å². The van der Waals surface area contributed by atoms with Gasteiger partial charge in [-0.1, -0.05) is 11.6 Å². The van der Waals surface area contributed by atoms with Gasteiger partial charge in [0.25, 0.3) is 0 Å². The van der Waals surface area contributed by atoms with E-state index in [-0.39, 0.29) is 34.6 Å². The molecule has 0 amide bonds. The summed E-state index contributed by atoms with van der Waals surface area (Å²) < 4.78 is 60.6. The first-order chi connectivity index (χ1) is 18.1. The van der Waals surface area contributed by atoms with Crippen molar-refractivity contribution in [3.63, 3.8) is 0 Å². The van der Waals surface area contributed by atoms with Crippen LogP contribution in [0.25, 0.3) is 22.3 Å². The van der Waals surface area contributed by atoms with Gasteiger partial charge in [-0.25, -0.2) is 19.3 Å². The maximum atomic E-state index is 15.3. The van der Waals surface area contributed by atoms with E-state index in [0.29, 0.717) is 29.7 Å². The Kier molecular flexibility index (Phi) is 8.15. The first-order valence-corrected chi connectivity index (χ1v) is 13.1. The number of anilines is 1. The molecule has 0 spiro atoms. The van der Waals surface area contributed by atoms with Gasteiger partial charge in [0, 0.05) is 18.0 Å². The monoisotopic (exact) mass is 573 g/mol. The molecule has 2 heterocycles. The fourth-order valence-corrected chi connectivity index (χ4v) is 5.02. The largest absolute Gasteiger partial charge is 0.414 e. The van der Waals surface area contributed by atoms with Gasteiger partial charge in [-0.05, 0) is 59.6 Å². The molecule has 0 unspecified atom stereocenters. The first kappa shape index (κ1) is 29.4. The first-order valence-electron chi connectivity index (χ1n) is 12.7. The third-order valence-corrected chi connectivity index (χ3v) is 7.05. The SMILES string of the molecule is CC(C)n1c(C(C)(C)O)nc2c(F)cc(-c3nc(N[C@@H]4CC[C@@H](O[C@H](C)C(F)(F)F)C[C@H]4O)ncc3Cl)cc21. The van der Waals surface area contributed by atoms with E-state index in [0.717, 1.165) is 6.92 Å². The fourth-order valence-electron chi connectivity index (χ4n) is 4.82. The molecule has 0 aliphatic heterocycles. The van der Waals surface area contributed by atoms with Crippen LogP contribution in [0.1, 0.15) is 65.7 Å². The van der Waals surface area contributed by atoms with Gasteiger partial charge in [0.1, 0.15) is 16.9 Å². The molecule has 1 aromatic carbocycles. The summed E-state index contributed by atoms with van der Waals surface area (Å²) in [6.45, 7) is 7.90. The van der Waals surface area contributed by atoms with Crippen LogP contribution in [0.3, 0.4) is 0 Å². The van der Waals surface area contributed by atoms with Crippen molar-refractivity contribution in [3.8, 4) is 11.3 Å². The standard InChI is InChI=1S/C26H32ClF4N5O3/c1-12(2)36-19-9-14(8-17(28)22(19)34-23(36)25(4,5)38)21-16(27)11-32-24(35-21)33-18-7-6-15(10-20(18)37)39-13(3)26(29,30)31/h8-9,11-13,15,18,20,37-38H,6-7,10H2,1-5H3,(H,32,33,35)/t13-,15-,18-,20-/m1/s1. The van der Waals surface area contributed by atoms with Gasteiger partial charge in [-0.2, -0.15) is 13.2 Å². The maximum Gasteiger partial charge on any atom is 0.414 e. The molecule has 1 saturated carbocycles. The number of rotatable bonds is 7. The number of hydrogen-bond donors (Lipinski definition) is 3. The highest BCUT2D eigenvalue weighted by molar-refractivity contribution is 6.33. The summed E-state index contributed by atoms with van der Waals surface area (Å²) in [7, 11) is 0. The summed E-state index contributed by atoms with van der Waals surface area (Å²) >= 11 is 6.39. The van der Waals surface area contributed by atoms with Crippen LogP contribution >= 0.6 is 11.6 Å². The Labute approximate surface area is 228 Å². The molecule has 4 rings (SSSR count). The average Bonchev–Trinajstić information content (AvgIpc) is 3.22. The van der Waals surface area contributed by atoms with Crippen molar-refractivity contribution in [2.45, 2.75) is 96.1 Å². The van der Waals surface area contributed by atoms with Crippen molar-refractivity contribution in [1.29, 1.82) is 0 Å². The number of hydrogen-bond acceptors (Lipinski definition) is 7. The number of nitrogens with zero attached hydrogens (tertiary/aromatic N) is 4. The average molecular weight is 574 g/mol. The van der Waals surface area contributed by atoms with E-state index in [2.05, 4.69) is 20.3 Å². The van der Waals surface area contributed by atoms with E-state index in [9.17, 15) is 23.4 Å². The van der Waals surface area contributed by atoms with E-state index in [1.54, 1.807) is 24.5 Å². The Morgan fingerprint density at radius 3 is 2.44 bits per heavy atom. The fraction of sp³-hybridized carbons (Fsp3) is 0.577. The number of nitrogens with one attached hydrogen (secondary N) is 1. The number of ether oxygens (including phenoxy) is 1. The molecule has 0 saturated heterocycles. The zero-order valence-corrected chi connectivity index (χ0v) is 23.0. The Morgan fingerprint density at radius 1 is 1.15 bits per heavy atom. The Bertz CT molecular complexity index is 1340. The molecule has 3 aromatic rings. The third-order valence-electron chi connectivity index (χ3n) is 6.77. The predicted molar refractivity (Wildman–Crippen MR) is 139 cm³/mol. The third kappa shape index (κ3) is 6.29. The lowest BCUT2D eigenvalue weighted by Gasteiger charge is -2.35. The summed E-state index contributed by atoms with van der Waals surface area (Å²) in [5, 5.41) is 24.4. The van der Waals surface area contributed by atoms with E-state index < -0.39 is 41.9 Å². The lowest BCUT2D eigenvalue weighted by molar-refractivity contribution is -0.231. The van der Waals surface area contributed by atoms with Crippen molar-refractivity contribution in [2.75, 3.05) is 5.32 Å². The van der Waals surface area contributed by atoms with E-state index in [1.165, 1.54) is 12.3 Å². The smallest absolute Gasteiger partial charge is 0.391 e. The number of fused-ring (bicyclic) bond motifs is 1. The predicted octanol–water partition coefficient (Wildman–Crippen LogP) is 5.76. The van der Waals surface area contributed by atoms with Crippen molar-refractivity contribution in [1.82, 2.24) is 19.5 Å². The molecule has 3 N–H and O–H groups in total. The minimum Gasteiger partial charge on any atom is -0.391 e. The molecule has 13 heteroatoms. The van der Waals surface area contributed by atoms with Crippen LogP contribution in [0.15, 0.2) is 18.3 Å². The summed E-state index contributed by atoms with van der Waals surface area (Å²) in [6, 6.07) is 2.28. The Morgan fingerprint density at radius 2 is 1.85 bits per heavy atom. The molecule has 214 valence electrons. The summed E-state index contributed by atoms with van der Waals surface area (Å²) in [5.41, 5.74) is -0.145. The summed E-state index contributed by atoms with van der Waals surface area (Å²) in [5.74, 6) is -0.173. The minimum absolute atomic E-state index is 0.0170. The van der Waals surface area contributed by atoms with Crippen LogP contribution in [-0.2, 0) is 10.3 Å². The van der Waals surface area contributed by atoms with Gasteiger partial charge in [0.15, 0.2) is 11.9 Å². The van der Waals surface area contributed by atoms with Crippen LogP contribution in [0.2, 0.25) is 5.02 Å². The van der Waals surface area contributed by atoms with E-state index in [4.69, 9.17) is 16.3 Å². The van der Waals surface area contributed by atoms with Crippen LogP contribution in [0.4, 0.5) is 23.5 Å². The second kappa shape index (κ2) is 10.8. The minimum atomic E-state index is -4.47. The second-order valence-corrected chi connectivity index (χ2v) is 11.2. The highest BCUT2D eigenvalue weighted by Crippen LogP contribution is 2.35. The lowest BCUT2D eigenvalue weighted by atomic mass is 9.90. The molecular weight excluding hydrogens is 542 g/mol. The highest BCUT2D eigenvalue weighted by atomic mass is 35.5. The van der Waals surface area contributed by atoms with E-state index >= 15 is 4.39 Å². The zero-order valence-electron chi connectivity index (χ0n) is 22.2. The van der Waals surface area contributed by atoms with Crippen molar-refractivity contribution in [3.05, 3.63) is 35.0 Å². The number of benzene rings is 1. The van der Waals surface area contributed by atoms with Crippen molar-refractivity contribution >= 4 is 28.6 Å². The number of aromatic nitrogens is 4. The molecular formula is C26H32ClF4N5O3. The molecule has 39 heavy (non-hydrogen) atoms. The van der Waals surface area contributed by atoms with Gasteiger partial charge in [-0.15, -0.1) is 0 Å². The molecule has 1 aliphatic carbocycles. The normalized spacial score (nSPS) is 21.5. The molecule has 0 radical (unpaired) electrons. The zero-order chi connectivity index (χ0) is 28.9.